The number of aliphatic hydroxyl groups is 1. The highest BCUT2D eigenvalue weighted by Gasteiger charge is 2.33. The van der Waals surface area contributed by atoms with Gasteiger partial charge in [-0.1, -0.05) is 13.8 Å². The van der Waals surface area contributed by atoms with Crippen molar-refractivity contribution in [3.8, 4) is 16.9 Å². The maximum absolute atomic E-state index is 13.9. The second-order valence-electron chi connectivity index (χ2n) is 14.3. The topological polar surface area (TPSA) is 122 Å². The Bertz CT molecular complexity index is 2300. The Labute approximate surface area is 301 Å². The average Bonchev–Trinajstić information content (AvgIpc) is 3.57. The van der Waals surface area contributed by atoms with Gasteiger partial charge in [-0.05, 0) is 66.6 Å². The van der Waals surface area contributed by atoms with E-state index in [4.69, 9.17) is 8.85 Å². The van der Waals surface area contributed by atoms with Crippen molar-refractivity contribution >= 4 is 36.2 Å². The molecule has 50 heavy (non-hydrogen) atoms. The monoisotopic (exact) mass is 699 g/mol. The number of aliphatic hydroxyl groups excluding tert-OH is 1. The zero-order chi connectivity index (χ0) is 36.5. The largest absolute Gasteiger partial charge is 0.392 e. The lowest BCUT2D eigenvalue weighted by Gasteiger charge is -2.46. The van der Waals surface area contributed by atoms with Gasteiger partial charge in [0.05, 0.1) is 37.7 Å². The van der Waals surface area contributed by atoms with E-state index in [0.717, 1.165) is 62.6 Å². The molecule has 5 aromatic heterocycles. The minimum absolute atomic E-state index is 0. The molecule has 0 aromatic carbocycles. The van der Waals surface area contributed by atoms with Crippen LogP contribution in [0.3, 0.4) is 0 Å². The molecule has 0 unspecified atom stereocenters. The molecule has 1 atom stereocenters. The van der Waals surface area contributed by atoms with Crippen molar-refractivity contribution in [1.29, 1.82) is 0 Å². The molecule has 8 rings (SSSR count). The van der Waals surface area contributed by atoms with E-state index in [1.54, 1.807) is 24.5 Å². The summed E-state index contributed by atoms with van der Waals surface area (Å²) >= 11 is 0. The molecule has 7 heterocycles. The number of pyridine rings is 3. The van der Waals surface area contributed by atoms with Crippen molar-refractivity contribution in [2.75, 3.05) is 43.1 Å². The summed E-state index contributed by atoms with van der Waals surface area (Å²) in [6.07, 6.45) is 9.72. The third-order valence-electron chi connectivity index (χ3n) is 10.2. The number of hydrogen-bond acceptors (Lipinski definition) is 9. The van der Waals surface area contributed by atoms with Crippen molar-refractivity contribution < 1.29 is 14.0 Å². The van der Waals surface area contributed by atoms with Gasteiger partial charge >= 0.3 is 0 Å². The lowest BCUT2D eigenvalue weighted by molar-refractivity contribution is -0.0691. The van der Waals surface area contributed by atoms with Gasteiger partial charge in [-0.25, -0.2) is 9.97 Å². The molecule has 3 aliphatic rings. The van der Waals surface area contributed by atoms with E-state index in [1.807, 2.05) is 22.7 Å². The van der Waals surface area contributed by atoms with Gasteiger partial charge in [0.15, 0.2) is 0 Å². The molecular weight excluding hydrogens is 653 g/mol. The van der Waals surface area contributed by atoms with Crippen LogP contribution in [0.2, 0.25) is 0 Å². The Balaban J connectivity index is 0.00000435. The third kappa shape index (κ3) is 5.91. The second kappa shape index (κ2) is 13.0. The molecule has 12 nitrogen and oxygen atoms in total. The Morgan fingerprint density at radius 2 is 1.92 bits per heavy atom. The summed E-state index contributed by atoms with van der Waals surface area (Å²) in [6.45, 7) is 7.60. The van der Waals surface area contributed by atoms with E-state index in [2.05, 4.69) is 45.9 Å². The van der Waals surface area contributed by atoms with Crippen LogP contribution < -0.4 is 21.3 Å². The number of ether oxygens (including phenoxy) is 1. The molecule has 0 saturated carbocycles. The molecular formula is C37H44N8O4S. The number of aryl methyl sites for hydroxylation is 1. The molecule has 0 amide bonds. The van der Waals surface area contributed by atoms with E-state index in [0.29, 0.717) is 38.6 Å². The van der Waals surface area contributed by atoms with Crippen LogP contribution >= 0.6 is 13.5 Å². The lowest BCUT2D eigenvalue weighted by atomic mass is 9.90. The molecule has 0 bridgehead atoms. The van der Waals surface area contributed by atoms with E-state index < -0.39 is 19.1 Å². The van der Waals surface area contributed by atoms with Crippen LogP contribution in [0.25, 0.3) is 22.5 Å². The summed E-state index contributed by atoms with van der Waals surface area (Å²) in [7, 11) is 0. The van der Waals surface area contributed by atoms with E-state index in [-0.39, 0.29) is 42.0 Å². The van der Waals surface area contributed by atoms with Gasteiger partial charge in [-0.2, -0.15) is 13.5 Å². The summed E-state index contributed by atoms with van der Waals surface area (Å²) in [5.74, 6) is 0.580. The predicted molar refractivity (Wildman–Crippen MR) is 199 cm³/mol. The second-order valence-corrected chi connectivity index (χ2v) is 14.3. The quantitative estimate of drug-likeness (QED) is 0.262. The maximum Gasteiger partial charge on any atom is 0.280 e. The summed E-state index contributed by atoms with van der Waals surface area (Å²) in [5, 5.41) is 13.7. The number of hydrogen-bond donors (Lipinski definition) is 2. The number of rotatable bonds is 7. The number of nitrogens with one attached hydrogen (secondary N) is 1. The van der Waals surface area contributed by atoms with Crippen LogP contribution in [-0.4, -0.2) is 78.4 Å². The summed E-state index contributed by atoms with van der Waals surface area (Å²) in [4.78, 5) is 41.3. The molecule has 0 radical (unpaired) electrons. The number of piperazine rings is 1. The fourth-order valence-corrected chi connectivity index (χ4v) is 7.66. The predicted octanol–water partition coefficient (Wildman–Crippen LogP) is 3.63. The van der Waals surface area contributed by atoms with Gasteiger partial charge in [0.2, 0.25) is 0 Å². The van der Waals surface area contributed by atoms with Crippen LogP contribution in [0.4, 0.5) is 17.2 Å². The smallest absolute Gasteiger partial charge is 0.280 e. The molecule has 262 valence electrons. The Hall–Kier alpha value is -4.43. The standard InChI is InChI=1S/C37H42N8O4.H2S/c1-23-18-42(27-21-49-22-27)9-10-43(23)26-5-6-33(39-17-26)40-30-13-25(19-41(4)35(30)47)28-7-8-38-34(29(28)20-46)45-12-11-44-31(36(45)48)14-24-15-37(2,3)16-32(24)44;/h5-8,11-14,17,19,23,27,46H,9-10,15-16,18,20-22H2,1-4H3,(H,39,40);1H2/t23-;/m0./s1/i4D3;. The van der Waals surface area contributed by atoms with E-state index in [9.17, 15) is 14.7 Å². The molecule has 13 heteroatoms. The summed E-state index contributed by atoms with van der Waals surface area (Å²) < 4.78 is 33.8. The number of anilines is 3. The van der Waals surface area contributed by atoms with Crippen molar-refractivity contribution in [1.82, 2.24) is 28.4 Å². The number of nitrogens with zero attached hydrogens (tertiary/aromatic N) is 7. The first-order valence-corrected chi connectivity index (χ1v) is 16.7. The van der Waals surface area contributed by atoms with Crippen molar-refractivity contribution in [3.05, 3.63) is 98.8 Å². The number of fused-ring (bicyclic) bond motifs is 3. The summed E-state index contributed by atoms with van der Waals surface area (Å²) in [5.41, 5.74) is 3.86. The molecule has 5 aromatic rings. The molecule has 1 aliphatic carbocycles. The fourth-order valence-electron chi connectivity index (χ4n) is 7.66. The van der Waals surface area contributed by atoms with Crippen LogP contribution in [0.1, 0.15) is 41.7 Å². The third-order valence-corrected chi connectivity index (χ3v) is 10.2. The first-order valence-electron chi connectivity index (χ1n) is 18.2. The van der Waals surface area contributed by atoms with Gasteiger partial charge in [0.25, 0.3) is 11.1 Å². The maximum atomic E-state index is 13.9. The van der Waals surface area contributed by atoms with Gasteiger partial charge in [-0.3, -0.25) is 19.1 Å². The zero-order valence-corrected chi connectivity index (χ0v) is 29.4. The highest BCUT2D eigenvalue weighted by atomic mass is 32.1. The Morgan fingerprint density at radius 1 is 1.08 bits per heavy atom. The van der Waals surface area contributed by atoms with Crippen molar-refractivity contribution in [3.63, 3.8) is 0 Å². The van der Waals surface area contributed by atoms with Crippen molar-refractivity contribution in [2.24, 2.45) is 12.4 Å². The molecule has 2 aliphatic heterocycles. The van der Waals surface area contributed by atoms with Crippen LogP contribution in [0, 0.1) is 5.41 Å². The molecule has 0 spiro atoms. The zero-order valence-electron chi connectivity index (χ0n) is 31.4. The van der Waals surface area contributed by atoms with Gasteiger partial charge in [-0.15, -0.1) is 0 Å². The van der Waals surface area contributed by atoms with Gasteiger partial charge in [0, 0.05) is 78.4 Å². The average molecular weight is 700 g/mol. The molecule has 2 saturated heterocycles. The minimum Gasteiger partial charge on any atom is -0.392 e. The first kappa shape index (κ1) is 30.4. The van der Waals surface area contributed by atoms with Gasteiger partial charge < -0.3 is 29.0 Å². The van der Waals surface area contributed by atoms with E-state index >= 15 is 0 Å². The number of aromatic nitrogens is 5. The Morgan fingerprint density at radius 3 is 2.62 bits per heavy atom. The lowest BCUT2D eigenvalue weighted by Crippen LogP contribution is -2.59. The summed E-state index contributed by atoms with van der Waals surface area (Å²) in [6, 6.07) is 9.57. The van der Waals surface area contributed by atoms with Gasteiger partial charge in [0.1, 0.15) is 22.8 Å². The Kier molecular flexibility index (Phi) is 7.92. The first-order chi connectivity index (χ1) is 24.8. The highest BCUT2D eigenvalue weighted by Crippen LogP contribution is 2.37. The van der Waals surface area contributed by atoms with Crippen molar-refractivity contribution in [2.45, 2.75) is 52.3 Å². The molecule has 2 N–H and O–H groups in total. The van der Waals surface area contributed by atoms with E-state index in [1.165, 1.54) is 23.0 Å². The molecule has 2 fully saturated rings. The SMILES string of the molecule is S.[2H]C([2H])([2H])n1cc(-c2ccnc(-n3ccn4c5c(cc4c3=O)CC(C)(C)C5)c2CO)cc(Nc2ccc(N3CCN(C4COC4)C[C@@H]3C)cn2)c1=O. The van der Waals surface area contributed by atoms with Crippen LogP contribution in [0.5, 0.6) is 0 Å². The fraction of sp³-hybridized carbons (Fsp3) is 0.405. The minimum atomic E-state index is -2.80. The van der Waals surface area contributed by atoms with Crippen LogP contribution in [0.15, 0.2) is 70.9 Å². The highest BCUT2D eigenvalue weighted by molar-refractivity contribution is 7.59. The normalized spacial score (nSPS) is 20.0. The van der Waals surface area contributed by atoms with Crippen LogP contribution in [-0.2, 0) is 31.2 Å².